The Bertz CT molecular complexity index is 720. The van der Waals surface area contributed by atoms with Crippen molar-refractivity contribution in [1.29, 1.82) is 0 Å². The molecule has 2 aromatic rings. The molecular weight excluding hydrogens is 349 g/mol. The number of carbonyl (C=O) groups excluding carboxylic acids is 1. The molecule has 0 aromatic heterocycles. The fraction of sp³-hybridized carbons (Fsp3) is 0.381. The van der Waals surface area contributed by atoms with Crippen LogP contribution < -0.4 is 9.47 Å². The van der Waals surface area contributed by atoms with Gasteiger partial charge in [0, 0.05) is 19.0 Å². The zero-order valence-electron chi connectivity index (χ0n) is 15.7. The van der Waals surface area contributed by atoms with E-state index < -0.39 is 0 Å². The van der Waals surface area contributed by atoms with Gasteiger partial charge in [0.25, 0.3) is 5.91 Å². The molecule has 146 valence electrons. The normalized spacial score (nSPS) is 15.7. The highest BCUT2D eigenvalue weighted by Crippen LogP contribution is 2.19. The molecular formula is C21H26FNO4. The average molecular weight is 375 g/mol. The summed E-state index contributed by atoms with van der Waals surface area (Å²) >= 11 is 0. The van der Waals surface area contributed by atoms with Crippen LogP contribution in [-0.4, -0.2) is 41.7 Å². The molecule has 0 radical (unpaired) electrons. The molecule has 1 unspecified atom stereocenters. The molecule has 0 saturated carbocycles. The first kappa shape index (κ1) is 20.7. The molecule has 2 aromatic carbocycles. The summed E-state index contributed by atoms with van der Waals surface area (Å²) in [5.41, 5.74) is 0.788. The van der Waals surface area contributed by atoms with Crippen molar-refractivity contribution in [2.75, 3.05) is 19.7 Å². The number of carbonyl (C=O) groups is 1. The minimum absolute atomic E-state index is 0.0281. The smallest absolute Gasteiger partial charge is 0.260 e. The van der Waals surface area contributed by atoms with Gasteiger partial charge in [0.05, 0.1) is 13.2 Å². The highest BCUT2D eigenvalue weighted by Gasteiger charge is 2.27. The van der Waals surface area contributed by atoms with E-state index in [0.29, 0.717) is 31.0 Å². The number of hydrogen-bond donors (Lipinski definition) is 1. The molecule has 1 N–H and O–H groups in total. The van der Waals surface area contributed by atoms with E-state index in [-0.39, 0.29) is 31.0 Å². The topological polar surface area (TPSA) is 59.0 Å². The molecule has 5 nitrogen and oxygen atoms in total. The fourth-order valence-electron chi connectivity index (χ4n) is 2.71. The van der Waals surface area contributed by atoms with E-state index in [1.165, 1.54) is 12.1 Å². The van der Waals surface area contributed by atoms with E-state index >= 15 is 0 Å². The molecule has 1 aliphatic heterocycles. The first-order valence-electron chi connectivity index (χ1n) is 9.16. The Morgan fingerprint density at radius 2 is 1.93 bits per heavy atom. The number of halogens is 1. The molecule has 1 amide bonds. The maximum absolute atomic E-state index is 13.2. The zero-order chi connectivity index (χ0) is 19.6. The summed E-state index contributed by atoms with van der Waals surface area (Å²) in [4.78, 5) is 13.9. The summed E-state index contributed by atoms with van der Waals surface area (Å²) in [6, 6.07) is 12.9. The summed E-state index contributed by atoms with van der Waals surface area (Å²) in [5, 5.41) is 9.00. The molecule has 1 fully saturated rings. The number of likely N-dealkylation sites (tertiary alicyclic amines) is 1. The summed E-state index contributed by atoms with van der Waals surface area (Å²) in [6.07, 6.45) is 0.558. The number of amides is 1. The van der Waals surface area contributed by atoms with Crippen LogP contribution >= 0.6 is 0 Å². The predicted octanol–water partition coefficient (Wildman–Crippen LogP) is 3.40. The molecule has 0 spiro atoms. The third-order valence-corrected chi connectivity index (χ3v) is 4.06. The molecule has 1 saturated heterocycles. The first-order valence-corrected chi connectivity index (χ1v) is 9.16. The molecule has 0 bridgehead atoms. The molecule has 1 heterocycles. The van der Waals surface area contributed by atoms with Gasteiger partial charge in [-0.15, -0.1) is 0 Å². The number of ether oxygens (including phenoxy) is 2. The Kier molecular flexibility index (Phi) is 8.07. The van der Waals surface area contributed by atoms with Crippen LogP contribution in [0.3, 0.4) is 0 Å². The van der Waals surface area contributed by atoms with Crippen molar-refractivity contribution in [2.45, 2.75) is 33.0 Å². The van der Waals surface area contributed by atoms with Gasteiger partial charge in [-0.2, -0.15) is 0 Å². The van der Waals surface area contributed by atoms with E-state index in [4.69, 9.17) is 14.6 Å². The van der Waals surface area contributed by atoms with Gasteiger partial charge in [-0.3, -0.25) is 4.79 Å². The maximum atomic E-state index is 13.2. The number of nitrogens with zero attached hydrogens (tertiary/aromatic N) is 1. The third-order valence-electron chi connectivity index (χ3n) is 4.06. The molecule has 0 aliphatic carbocycles. The van der Waals surface area contributed by atoms with E-state index in [1.807, 2.05) is 13.8 Å². The second kappa shape index (κ2) is 10.5. The van der Waals surface area contributed by atoms with E-state index in [0.717, 1.165) is 5.56 Å². The van der Waals surface area contributed by atoms with Gasteiger partial charge in [-0.25, -0.2) is 4.39 Å². The minimum atomic E-state index is -0.343. The lowest BCUT2D eigenvalue weighted by Crippen LogP contribution is -2.34. The van der Waals surface area contributed by atoms with Gasteiger partial charge in [0.2, 0.25) is 0 Å². The number of hydrogen-bond acceptors (Lipinski definition) is 4. The Hall–Kier alpha value is -2.60. The lowest BCUT2D eigenvalue weighted by molar-refractivity contribution is -0.132. The fourth-order valence-corrected chi connectivity index (χ4v) is 2.71. The van der Waals surface area contributed by atoms with Crippen molar-refractivity contribution >= 4 is 5.91 Å². The quantitative estimate of drug-likeness (QED) is 0.841. The molecule has 6 heteroatoms. The molecule has 3 rings (SSSR count). The summed E-state index contributed by atoms with van der Waals surface area (Å²) < 4.78 is 24.4. The van der Waals surface area contributed by atoms with Crippen LogP contribution in [0, 0.1) is 5.82 Å². The van der Waals surface area contributed by atoms with Crippen molar-refractivity contribution in [3.05, 3.63) is 59.9 Å². The lowest BCUT2D eigenvalue weighted by atomic mass is 10.2. The zero-order valence-corrected chi connectivity index (χ0v) is 15.7. The van der Waals surface area contributed by atoms with Crippen LogP contribution in [0.1, 0.15) is 25.8 Å². The average Bonchev–Trinajstić information content (AvgIpc) is 3.16. The van der Waals surface area contributed by atoms with Gasteiger partial charge in [0.15, 0.2) is 6.61 Å². The van der Waals surface area contributed by atoms with Crippen LogP contribution in [0.5, 0.6) is 11.5 Å². The predicted molar refractivity (Wildman–Crippen MR) is 101 cm³/mol. The monoisotopic (exact) mass is 375 g/mol. The van der Waals surface area contributed by atoms with Crippen LogP contribution in [0.4, 0.5) is 4.39 Å². The van der Waals surface area contributed by atoms with E-state index in [1.54, 1.807) is 41.3 Å². The van der Waals surface area contributed by atoms with Crippen LogP contribution in [0.2, 0.25) is 0 Å². The summed E-state index contributed by atoms with van der Waals surface area (Å²) in [5.74, 6) is 0.595. The van der Waals surface area contributed by atoms with Crippen molar-refractivity contribution in [1.82, 2.24) is 4.90 Å². The van der Waals surface area contributed by atoms with Gasteiger partial charge in [0.1, 0.15) is 23.4 Å². The number of rotatable bonds is 6. The van der Waals surface area contributed by atoms with Gasteiger partial charge < -0.3 is 19.5 Å². The molecule has 27 heavy (non-hydrogen) atoms. The van der Waals surface area contributed by atoms with Crippen molar-refractivity contribution in [3.8, 4) is 11.5 Å². The second-order valence-electron chi connectivity index (χ2n) is 5.92. The van der Waals surface area contributed by atoms with Crippen molar-refractivity contribution in [2.24, 2.45) is 0 Å². The SMILES string of the molecule is CC.O=C(COc1ccc(CO)cc1)N1CCC(Oc2cccc(F)c2)C1. The molecule has 1 aliphatic rings. The second-order valence-corrected chi connectivity index (χ2v) is 5.92. The van der Waals surface area contributed by atoms with Gasteiger partial charge >= 0.3 is 0 Å². The highest BCUT2D eigenvalue weighted by molar-refractivity contribution is 5.78. The van der Waals surface area contributed by atoms with E-state index in [9.17, 15) is 9.18 Å². The summed E-state index contributed by atoms with van der Waals surface area (Å²) in [6.45, 7) is 4.97. The number of aliphatic hydroxyl groups is 1. The Labute approximate surface area is 159 Å². The first-order chi connectivity index (χ1) is 13.1. The lowest BCUT2D eigenvalue weighted by Gasteiger charge is -2.17. The Morgan fingerprint density at radius 1 is 1.19 bits per heavy atom. The van der Waals surface area contributed by atoms with Crippen molar-refractivity contribution < 1.29 is 23.8 Å². The molecule has 1 atom stereocenters. The van der Waals surface area contributed by atoms with Crippen LogP contribution in [0.15, 0.2) is 48.5 Å². The third kappa shape index (κ3) is 6.25. The highest BCUT2D eigenvalue weighted by atomic mass is 19.1. The summed E-state index contributed by atoms with van der Waals surface area (Å²) in [7, 11) is 0. The minimum Gasteiger partial charge on any atom is -0.488 e. The van der Waals surface area contributed by atoms with Crippen molar-refractivity contribution in [3.63, 3.8) is 0 Å². The van der Waals surface area contributed by atoms with Crippen LogP contribution in [-0.2, 0) is 11.4 Å². The Morgan fingerprint density at radius 3 is 2.59 bits per heavy atom. The number of aliphatic hydroxyl groups excluding tert-OH is 1. The largest absolute Gasteiger partial charge is 0.488 e. The standard InChI is InChI=1S/C19H20FNO4.C2H6/c20-15-2-1-3-17(10-15)25-18-8-9-21(11-18)19(23)13-24-16-6-4-14(12-22)5-7-16;1-2/h1-7,10,18,22H,8-9,11-13H2;1-2H3. The number of benzene rings is 2. The Balaban J connectivity index is 0.00000126. The van der Waals surface area contributed by atoms with Crippen LogP contribution in [0.25, 0.3) is 0 Å². The van der Waals surface area contributed by atoms with Gasteiger partial charge in [-0.1, -0.05) is 32.0 Å². The van der Waals surface area contributed by atoms with E-state index in [2.05, 4.69) is 0 Å². The maximum Gasteiger partial charge on any atom is 0.260 e. The van der Waals surface area contributed by atoms with Gasteiger partial charge in [-0.05, 0) is 29.8 Å².